The highest BCUT2D eigenvalue weighted by Crippen LogP contribution is 2.26. The first kappa shape index (κ1) is 10.8. The van der Waals surface area contributed by atoms with Gasteiger partial charge in [0.15, 0.2) is 0 Å². The van der Waals surface area contributed by atoms with Crippen molar-refractivity contribution in [2.24, 2.45) is 0 Å². The summed E-state index contributed by atoms with van der Waals surface area (Å²) in [6, 6.07) is 8.75. The lowest BCUT2D eigenvalue weighted by atomic mass is 10.1. The number of nitrogens with zero attached hydrogens (tertiary/aromatic N) is 2. The molecule has 0 aliphatic carbocycles. The summed E-state index contributed by atoms with van der Waals surface area (Å²) in [7, 11) is 0. The second-order valence-electron chi connectivity index (χ2n) is 4.47. The van der Waals surface area contributed by atoms with Crippen molar-refractivity contribution in [3.05, 3.63) is 35.2 Å². The van der Waals surface area contributed by atoms with E-state index in [0.29, 0.717) is 0 Å². The SMILES string of the molecule is c1cc(-c2cscn2)cc(N2CCCCC2)c1. The molecule has 1 aromatic heterocycles. The maximum atomic E-state index is 4.37. The molecule has 2 aromatic rings. The highest BCUT2D eigenvalue weighted by Gasteiger charge is 2.11. The molecule has 0 radical (unpaired) electrons. The molecule has 3 rings (SSSR count). The number of hydrogen-bond acceptors (Lipinski definition) is 3. The number of piperidine rings is 1. The minimum absolute atomic E-state index is 1.09. The average Bonchev–Trinajstić information content (AvgIpc) is 2.94. The van der Waals surface area contributed by atoms with E-state index in [4.69, 9.17) is 0 Å². The number of hydrogen-bond donors (Lipinski definition) is 0. The predicted octanol–water partition coefficient (Wildman–Crippen LogP) is 3.80. The molecule has 0 N–H and O–H groups in total. The maximum absolute atomic E-state index is 4.37. The van der Waals surface area contributed by atoms with Gasteiger partial charge in [-0.2, -0.15) is 0 Å². The molecule has 0 unspecified atom stereocenters. The third-order valence-corrected chi connectivity index (χ3v) is 3.88. The van der Waals surface area contributed by atoms with Crippen LogP contribution < -0.4 is 4.90 Å². The Labute approximate surface area is 106 Å². The van der Waals surface area contributed by atoms with Crippen LogP contribution in [0.25, 0.3) is 11.3 Å². The summed E-state index contributed by atoms with van der Waals surface area (Å²) in [5, 5.41) is 2.11. The average molecular weight is 244 g/mol. The molecule has 0 bridgehead atoms. The third kappa shape index (κ3) is 2.34. The fourth-order valence-electron chi connectivity index (χ4n) is 2.37. The normalized spacial score (nSPS) is 16.1. The topological polar surface area (TPSA) is 16.1 Å². The van der Waals surface area contributed by atoms with E-state index in [1.54, 1.807) is 11.3 Å². The summed E-state index contributed by atoms with van der Waals surface area (Å²) in [5.74, 6) is 0. The molecule has 17 heavy (non-hydrogen) atoms. The Morgan fingerprint density at radius 3 is 2.76 bits per heavy atom. The largest absolute Gasteiger partial charge is 0.372 e. The summed E-state index contributed by atoms with van der Waals surface area (Å²) in [6.45, 7) is 2.39. The van der Waals surface area contributed by atoms with Crippen LogP contribution in [0.2, 0.25) is 0 Å². The molecule has 0 atom stereocenters. The molecule has 1 aliphatic heterocycles. The van der Waals surface area contributed by atoms with Crippen LogP contribution in [0.4, 0.5) is 5.69 Å². The molecule has 1 fully saturated rings. The van der Waals surface area contributed by atoms with Gasteiger partial charge in [0.05, 0.1) is 11.2 Å². The van der Waals surface area contributed by atoms with Crippen LogP contribution in [0.5, 0.6) is 0 Å². The van der Waals surface area contributed by atoms with E-state index in [1.807, 2.05) is 5.51 Å². The summed E-state index contributed by atoms with van der Waals surface area (Å²) in [4.78, 5) is 6.86. The zero-order valence-electron chi connectivity index (χ0n) is 9.80. The summed E-state index contributed by atoms with van der Waals surface area (Å²) < 4.78 is 0. The van der Waals surface area contributed by atoms with Gasteiger partial charge in [-0.05, 0) is 31.4 Å². The van der Waals surface area contributed by atoms with Gasteiger partial charge in [-0.25, -0.2) is 4.98 Å². The molecule has 0 spiro atoms. The van der Waals surface area contributed by atoms with Gasteiger partial charge in [0.1, 0.15) is 0 Å². The molecule has 0 saturated carbocycles. The number of aromatic nitrogens is 1. The fraction of sp³-hybridized carbons (Fsp3) is 0.357. The Bertz CT molecular complexity index is 473. The Balaban J connectivity index is 1.88. The highest BCUT2D eigenvalue weighted by molar-refractivity contribution is 7.07. The number of anilines is 1. The summed E-state index contributed by atoms with van der Waals surface area (Å²) >= 11 is 1.65. The van der Waals surface area contributed by atoms with E-state index in [9.17, 15) is 0 Å². The molecule has 1 saturated heterocycles. The lowest BCUT2D eigenvalue weighted by Gasteiger charge is -2.29. The van der Waals surface area contributed by atoms with Gasteiger partial charge in [0.2, 0.25) is 0 Å². The van der Waals surface area contributed by atoms with Crippen molar-refractivity contribution in [2.75, 3.05) is 18.0 Å². The van der Waals surface area contributed by atoms with Crippen LogP contribution >= 0.6 is 11.3 Å². The van der Waals surface area contributed by atoms with Crippen LogP contribution in [-0.2, 0) is 0 Å². The van der Waals surface area contributed by atoms with Gasteiger partial charge in [-0.15, -0.1) is 11.3 Å². The monoisotopic (exact) mass is 244 g/mol. The fourth-order valence-corrected chi connectivity index (χ4v) is 2.93. The van der Waals surface area contributed by atoms with Crippen LogP contribution in [-0.4, -0.2) is 18.1 Å². The van der Waals surface area contributed by atoms with E-state index in [0.717, 1.165) is 5.69 Å². The highest BCUT2D eigenvalue weighted by atomic mass is 32.1. The van der Waals surface area contributed by atoms with Crippen molar-refractivity contribution in [1.82, 2.24) is 4.98 Å². The maximum Gasteiger partial charge on any atom is 0.0811 e. The number of benzene rings is 1. The summed E-state index contributed by atoms with van der Waals surface area (Å²) in [6.07, 6.45) is 4.02. The first-order valence-corrected chi connectivity index (χ1v) is 7.11. The van der Waals surface area contributed by atoms with Crippen LogP contribution in [0.15, 0.2) is 35.2 Å². The van der Waals surface area contributed by atoms with Crippen molar-refractivity contribution >= 4 is 17.0 Å². The van der Waals surface area contributed by atoms with Crippen molar-refractivity contribution < 1.29 is 0 Å². The molecule has 3 heteroatoms. The molecule has 0 amide bonds. The van der Waals surface area contributed by atoms with Gasteiger partial charge in [0.25, 0.3) is 0 Å². The Morgan fingerprint density at radius 2 is 2.00 bits per heavy atom. The number of rotatable bonds is 2. The Hall–Kier alpha value is -1.35. The first-order chi connectivity index (χ1) is 8.43. The van der Waals surface area contributed by atoms with E-state index >= 15 is 0 Å². The second-order valence-corrected chi connectivity index (χ2v) is 5.19. The van der Waals surface area contributed by atoms with E-state index < -0.39 is 0 Å². The Morgan fingerprint density at radius 1 is 1.12 bits per heavy atom. The van der Waals surface area contributed by atoms with Gasteiger partial charge in [-0.1, -0.05) is 12.1 Å². The minimum atomic E-state index is 1.09. The van der Waals surface area contributed by atoms with Crippen molar-refractivity contribution in [3.8, 4) is 11.3 Å². The standard InChI is InChI=1S/C14H16N2S/c1-2-7-16(8-3-1)13-6-4-5-12(9-13)14-10-17-11-15-14/h4-6,9-11H,1-3,7-8H2. The summed E-state index contributed by atoms with van der Waals surface area (Å²) in [5.41, 5.74) is 5.56. The van der Waals surface area contributed by atoms with Gasteiger partial charge < -0.3 is 4.90 Å². The van der Waals surface area contributed by atoms with Crippen molar-refractivity contribution in [1.29, 1.82) is 0 Å². The predicted molar refractivity (Wildman–Crippen MR) is 73.6 cm³/mol. The Kier molecular flexibility index (Phi) is 3.10. The van der Waals surface area contributed by atoms with Crippen LogP contribution in [0, 0.1) is 0 Å². The van der Waals surface area contributed by atoms with Gasteiger partial charge in [-0.3, -0.25) is 0 Å². The molecule has 1 aromatic carbocycles. The molecule has 1 aliphatic rings. The van der Waals surface area contributed by atoms with Crippen molar-refractivity contribution in [3.63, 3.8) is 0 Å². The van der Waals surface area contributed by atoms with E-state index in [2.05, 4.69) is 39.5 Å². The quantitative estimate of drug-likeness (QED) is 0.798. The first-order valence-electron chi connectivity index (χ1n) is 6.17. The molecular weight excluding hydrogens is 228 g/mol. The minimum Gasteiger partial charge on any atom is -0.372 e. The molecule has 2 heterocycles. The lowest BCUT2D eigenvalue weighted by molar-refractivity contribution is 0.578. The molecule has 2 nitrogen and oxygen atoms in total. The zero-order chi connectivity index (χ0) is 11.5. The molecule has 88 valence electrons. The smallest absolute Gasteiger partial charge is 0.0811 e. The molecular formula is C14H16N2S. The van der Waals surface area contributed by atoms with Crippen LogP contribution in [0.1, 0.15) is 19.3 Å². The second kappa shape index (κ2) is 4.88. The van der Waals surface area contributed by atoms with Gasteiger partial charge in [0, 0.05) is 29.7 Å². The van der Waals surface area contributed by atoms with E-state index in [-0.39, 0.29) is 0 Å². The third-order valence-electron chi connectivity index (χ3n) is 3.30. The van der Waals surface area contributed by atoms with Crippen LogP contribution in [0.3, 0.4) is 0 Å². The van der Waals surface area contributed by atoms with E-state index in [1.165, 1.54) is 43.6 Å². The van der Waals surface area contributed by atoms with Gasteiger partial charge >= 0.3 is 0 Å². The van der Waals surface area contributed by atoms with Crippen molar-refractivity contribution in [2.45, 2.75) is 19.3 Å². The number of thiazole rings is 1. The zero-order valence-corrected chi connectivity index (χ0v) is 10.6. The lowest BCUT2D eigenvalue weighted by Crippen LogP contribution is -2.29.